The zero-order valence-electron chi connectivity index (χ0n) is 7.45. The van der Waals surface area contributed by atoms with Crippen LogP contribution in [0.3, 0.4) is 0 Å². The van der Waals surface area contributed by atoms with E-state index in [9.17, 15) is 9.90 Å². The van der Waals surface area contributed by atoms with Gasteiger partial charge in [-0.05, 0) is 6.07 Å². The number of H-pyrrole nitrogens is 1. The van der Waals surface area contributed by atoms with Gasteiger partial charge in [-0.15, -0.1) is 0 Å². The summed E-state index contributed by atoms with van der Waals surface area (Å²) in [6, 6.07) is 7.37. The second kappa shape index (κ2) is 3.06. The van der Waals surface area contributed by atoms with Crippen LogP contribution in [0.4, 0.5) is 0 Å². The standard InChI is InChI=1S/C10H10N2O2/c11-9(13)5-7-6-3-1-2-4-8(6)12-10(7)14/h1-4,12,14H,5H2,(H2,11,13). The lowest BCUT2D eigenvalue weighted by Crippen LogP contribution is -2.13. The van der Waals surface area contributed by atoms with Crippen molar-refractivity contribution in [3.05, 3.63) is 29.8 Å². The van der Waals surface area contributed by atoms with Crippen LogP contribution in [-0.2, 0) is 11.2 Å². The van der Waals surface area contributed by atoms with Gasteiger partial charge >= 0.3 is 0 Å². The highest BCUT2D eigenvalue weighted by atomic mass is 16.3. The van der Waals surface area contributed by atoms with Crippen molar-refractivity contribution in [1.82, 2.24) is 4.98 Å². The maximum Gasteiger partial charge on any atom is 0.222 e. The van der Waals surface area contributed by atoms with Gasteiger partial charge in [-0.2, -0.15) is 0 Å². The first-order valence-corrected chi connectivity index (χ1v) is 4.25. The first kappa shape index (κ1) is 8.62. The number of para-hydroxylation sites is 1. The predicted molar refractivity (Wildman–Crippen MR) is 52.9 cm³/mol. The lowest BCUT2D eigenvalue weighted by molar-refractivity contribution is -0.117. The molecule has 4 heteroatoms. The third kappa shape index (κ3) is 1.31. The summed E-state index contributed by atoms with van der Waals surface area (Å²) in [6.45, 7) is 0. The fraction of sp³-hybridized carbons (Fsp3) is 0.100. The van der Waals surface area contributed by atoms with E-state index in [1.807, 2.05) is 24.3 Å². The van der Waals surface area contributed by atoms with E-state index in [0.717, 1.165) is 10.9 Å². The maximum atomic E-state index is 10.8. The largest absolute Gasteiger partial charge is 0.494 e. The lowest BCUT2D eigenvalue weighted by atomic mass is 10.1. The van der Waals surface area contributed by atoms with Crippen LogP contribution in [0.15, 0.2) is 24.3 Å². The Bertz CT molecular complexity index is 488. The molecule has 2 rings (SSSR count). The van der Waals surface area contributed by atoms with Gasteiger partial charge in [0, 0.05) is 16.5 Å². The molecule has 0 aliphatic heterocycles. The highest BCUT2D eigenvalue weighted by Crippen LogP contribution is 2.26. The monoisotopic (exact) mass is 190 g/mol. The molecule has 0 atom stereocenters. The number of hydrogen-bond acceptors (Lipinski definition) is 2. The van der Waals surface area contributed by atoms with E-state index in [0.29, 0.717) is 5.56 Å². The van der Waals surface area contributed by atoms with Gasteiger partial charge in [0.05, 0.1) is 6.42 Å². The van der Waals surface area contributed by atoms with Crippen LogP contribution in [-0.4, -0.2) is 16.0 Å². The molecular weight excluding hydrogens is 180 g/mol. The van der Waals surface area contributed by atoms with Crippen molar-refractivity contribution in [2.24, 2.45) is 5.73 Å². The number of fused-ring (bicyclic) bond motifs is 1. The molecule has 0 spiro atoms. The average molecular weight is 190 g/mol. The summed E-state index contributed by atoms with van der Waals surface area (Å²) in [5.41, 5.74) is 6.45. The smallest absolute Gasteiger partial charge is 0.222 e. The first-order valence-electron chi connectivity index (χ1n) is 4.25. The van der Waals surface area contributed by atoms with E-state index in [1.54, 1.807) is 0 Å². The predicted octanol–water partition coefficient (Wildman–Crippen LogP) is 0.901. The highest BCUT2D eigenvalue weighted by molar-refractivity contribution is 5.90. The quantitative estimate of drug-likeness (QED) is 0.657. The van der Waals surface area contributed by atoms with Crippen molar-refractivity contribution in [2.45, 2.75) is 6.42 Å². The van der Waals surface area contributed by atoms with Gasteiger partial charge < -0.3 is 15.8 Å². The summed E-state index contributed by atoms with van der Waals surface area (Å²) < 4.78 is 0. The summed E-state index contributed by atoms with van der Waals surface area (Å²) in [7, 11) is 0. The van der Waals surface area contributed by atoms with Crippen LogP contribution < -0.4 is 5.73 Å². The van der Waals surface area contributed by atoms with Crippen molar-refractivity contribution in [2.75, 3.05) is 0 Å². The number of rotatable bonds is 2. The first-order chi connectivity index (χ1) is 6.68. The van der Waals surface area contributed by atoms with Gasteiger partial charge in [0.2, 0.25) is 5.91 Å². The SMILES string of the molecule is NC(=O)Cc1c(O)[nH]c2ccccc12. The maximum absolute atomic E-state index is 10.8. The summed E-state index contributed by atoms with van der Waals surface area (Å²) in [5, 5.41) is 10.4. The third-order valence-corrected chi connectivity index (χ3v) is 2.14. The number of nitrogens with two attached hydrogens (primary N) is 1. The molecule has 1 aromatic heterocycles. The molecule has 14 heavy (non-hydrogen) atoms. The number of primary amides is 1. The molecule has 0 aliphatic carbocycles. The highest BCUT2D eigenvalue weighted by Gasteiger charge is 2.11. The summed E-state index contributed by atoms with van der Waals surface area (Å²) in [5.74, 6) is -0.435. The zero-order valence-corrected chi connectivity index (χ0v) is 7.45. The van der Waals surface area contributed by atoms with E-state index in [1.165, 1.54) is 0 Å². The molecule has 0 unspecified atom stereocenters. The van der Waals surface area contributed by atoms with Crippen LogP contribution in [0.1, 0.15) is 5.56 Å². The van der Waals surface area contributed by atoms with E-state index in [-0.39, 0.29) is 12.3 Å². The molecule has 1 aromatic carbocycles. The minimum Gasteiger partial charge on any atom is -0.494 e. The Kier molecular flexibility index (Phi) is 1.89. The Labute approximate surface area is 80.3 Å². The Morgan fingerprint density at radius 3 is 2.86 bits per heavy atom. The van der Waals surface area contributed by atoms with Crippen LogP contribution in [0.5, 0.6) is 5.88 Å². The van der Waals surface area contributed by atoms with Gasteiger partial charge in [-0.25, -0.2) is 0 Å². The topological polar surface area (TPSA) is 79.1 Å². The minimum absolute atomic E-state index is 0.0185. The molecule has 4 N–H and O–H groups in total. The van der Waals surface area contributed by atoms with E-state index < -0.39 is 5.91 Å². The van der Waals surface area contributed by atoms with Crippen LogP contribution in [0, 0.1) is 0 Å². The molecule has 0 radical (unpaired) electrons. The fourth-order valence-electron chi connectivity index (χ4n) is 1.54. The second-order valence-corrected chi connectivity index (χ2v) is 3.14. The molecule has 0 bridgehead atoms. The lowest BCUT2D eigenvalue weighted by Gasteiger charge is -1.95. The number of carbonyl (C=O) groups excluding carboxylic acids is 1. The molecule has 4 nitrogen and oxygen atoms in total. The molecule has 0 aliphatic rings. The summed E-state index contributed by atoms with van der Waals surface area (Å²) in [6.07, 6.45) is 0.0514. The normalized spacial score (nSPS) is 10.6. The molecule has 1 amide bonds. The van der Waals surface area contributed by atoms with Crippen LogP contribution in [0.25, 0.3) is 10.9 Å². The minimum atomic E-state index is -0.454. The molecule has 1 heterocycles. The second-order valence-electron chi connectivity index (χ2n) is 3.14. The van der Waals surface area contributed by atoms with E-state index in [4.69, 9.17) is 5.73 Å². The van der Waals surface area contributed by atoms with Crippen molar-refractivity contribution in [3.63, 3.8) is 0 Å². The van der Waals surface area contributed by atoms with Crippen LogP contribution >= 0.6 is 0 Å². The van der Waals surface area contributed by atoms with Crippen molar-refractivity contribution < 1.29 is 9.90 Å². The van der Waals surface area contributed by atoms with Crippen molar-refractivity contribution in [3.8, 4) is 5.88 Å². The Balaban J connectivity index is 2.62. The number of hydrogen-bond donors (Lipinski definition) is 3. The number of aromatic amines is 1. The van der Waals surface area contributed by atoms with E-state index in [2.05, 4.69) is 4.98 Å². The third-order valence-electron chi connectivity index (χ3n) is 2.14. The van der Waals surface area contributed by atoms with Crippen LogP contribution in [0.2, 0.25) is 0 Å². The van der Waals surface area contributed by atoms with Gasteiger partial charge in [0.1, 0.15) is 0 Å². The number of benzene rings is 1. The fourth-order valence-corrected chi connectivity index (χ4v) is 1.54. The Morgan fingerprint density at radius 1 is 1.43 bits per heavy atom. The average Bonchev–Trinajstić information content (AvgIpc) is 2.43. The number of aromatic hydroxyl groups is 1. The molecular formula is C10H10N2O2. The zero-order chi connectivity index (χ0) is 10.1. The van der Waals surface area contributed by atoms with Gasteiger partial charge in [0.25, 0.3) is 0 Å². The van der Waals surface area contributed by atoms with Gasteiger partial charge in [-0.3, -0.25) is 4.79 Å². The summed E-state index contributed by atoms with van der Waals surface area (Å²) >= 11 is 0. The molecule has 0 saturated carbocycles. The van der Waals surface area contributed by atoms with Crippen molar-refractivity contribution >= 4 is 16.8 Å². The Hall–Kier alpha value is -1.97. The molecule has 0 fully saturated rings. The van der Waals surface area contributed by atoms with Gasteiger partial charge in [0.15, 0.2) is 5.88 Å². The summed E-state index contributed by atoms with van der Waals surface area (Å²) in [4.78, 5) is 13.5. The number of aromatic nitrogens is 1. The van der Waals surface area contributed by atoms with E-state index >= 15 is 0 Å². The molecule has 2 aromatic rings. The Morgan fingerprint density at radius 2 is 2.14 bits per heavy atom. The van der Waals surface area contributed by atoms with Crippen molar-refractivity contribution in [1.29, 1.82) is 0 Å². The number of amides is 1. The van der Waals surface area contributed by atoms with Gasteiger partial charge in [-0.1, -0.05) is 18.2 Å². The number of carbonyl (C=O) groups is 1. The molecule has 72 valence electrons. The number of nitrogens with one attached hydrogen (secondary N) is 1. The molecule has 0 saturated heterocycles.